The van der Waals surface area contributed by atoms with Gasteiger partial charge in [0.1, 0.15) is 0 Å². The molecule has 0 saturated heterocycles. The molecule has 1 fully saturated rings. The van der Waals surface area contributed by atoms with Gasteiger partial charge in [-0.1, -0.05) is 42.8 Å². The highest BCUT2D eigenvalue weighted by molar-refractivity contribution is 5.96. The van der Waals surface area contributed by atoms with Crippen LogP contribution in [0.4, 0.5) is 11.4 Å². The van der Waals surface area contributed by atoms with Crippen LogP contribution in [0.3, 0.4) is 0 Å². The molecule has 3 rings (SSSR count). The summed E-state index contributed by atoms with van der Waals surface area (Å²) in [6.07, 6.45) is 6.89. The van der Waals surface area contributed by atoms with E-state index in [2.05, 4.69) is 29.2 Å². The predicted octanol–water partition coefficient (Wildman–Crippen LogP) is 5.24. The largest absolute Gasteiger partial charge is 0.317 e. The van der Waals surface area contributed by atoms with Crippen LogP contribution in [0.2, 0.25) is 0 Å². The standard InChI is InChI=1S/C20H21NO/c22-20-15-9-1-4-10-17(20)16-21(18-11-5-2-6-12-18)19-13-7-3-8-14-19/h2-3,5-8,11-14,16H,1,4,9-10,15H2. The number of rotatable bonds is 3. The van der Waals surface area contributed by atoms with Crippen LogP contribution in [0.5, 0.6) is 0 Å². The SMILES string of the molecule is O=C1CCCCCC1=CN(c1ccccc1)c1ccccc1. The molecule has 2 aromatic carbocycles. The van der Waals surface area contributed by atoms with Crippen LogP contribution < -0.4 is 4.90 Å². The smallest absolute Gasteiger partial charge is 0.160 e. The summed E-state index contributed by atoms with van der Waals surface area (Å²) < 4.78 is 0. The summed E-state index contributed by atoms with van der Waals surface area (Å²) in [4.78, 5) is 14.4. The van der Waals surface area contributed by atoms with Crippen LogP contribution in [0, 0.1) is 0 Å². The molecule has 0 amide bonds. The van der Waals surface area contributed by atoms with Gasteiger partial charge in [-0.15, -0.1) is 0 Å². The van der Waals surface area contributed by atoms with E-state index in [1.807, 2.05) is 42.6 Å². The molecule has 2 nitrogen and oxygen atoms in total. The highest BCUT2D eigenvalue weighted by Crippen LogP contribution is 2.28. The summed E-state index contributed by atoms with van der Waals surface area (Å²) in [5.41, 5.74) is 3.11. The highest BCUT2D eigenvalue weighted by Gasteiger charge is 2.16. The Morgan fingerprint density at radius 3 is 1.86 bits per heavy atom. The lowest BCUT2D eigenvalue weighted by Crippen LogP contribution is -2.12. The fraction of sp³-hybridized carbons (Fsp3) is 0.250. The van der Waals surface area contributed by atoms with Gasteiger partial charge in [-0.2, -0.15) is 0 Å². The van der Waals surface area contributed by atoms with Crippen LogP contribution in [0.15, 0.2) is 72.4 Å². The summed E-state index contributed by atoms with van der Waals surface area (Å²) in [6, 6.07) is 20.4. The number of anilines is 2. The molecular formula is C20H21NO. The molecule has 112 valence electrons. The zero-order valence-electron chi connectivity index (χ0n) is 12.7. The molecule has 0 aromatic heterocycles. The van der Waals surface area contributed by atoms with Crippen molar-refractivity contribution in [2.75, 3.05) is 4.90 Å². The summed E-state index contributed by atoms with van der Waals surface area (Å²) in [5.74, 6) is 0.300. The van der Waals surface area contributed by atoms with E-state index in [1.54, 1.807) is 0 Å². The molecule has 0 bridgehead atoms. The molecule has 0 N–H and O–H groups in total. The van der Waals surface area contributed by atoms with Crippen LogP contribution in [0.1, 0.15) is 32.1 Å². The lowest BCUT2D eigenvalue weighted by atomic mass is 10.1. The average molecular weight is 291 g/mol. The van der Waals surface area contributed by atoms with Gasteiger partial charge < -0.3 is 4.90 Å². The third-order valence-corrected chi connectivity index (χ3v) is 4.06. The summed E-state index contributed by atoms with van der Waals surface area (Å²) >= 11 is 0. The van der Waals surface area contributed by atoms with E-state index < -0.39 is 0 Å². The van der Waals surface area contributed by atoms with Crippen molar-refractivity contribution in [1.29, 1.82) is 0 Å². The number of hydrogen-bond donors (Lipinski definition) is 0. The first-order valence-corrected chi connectivity index (χ1v) is 7.98. The maximum Gasteiger partial charge on any atom is 0.160 e. The van der Waals surface area contributed by atoms with Crippen LogP contribution in [0.25, 0.3) is 0 Å². The Bertz CT molecular complexity index is 606. The minimum atomic E-state index is 0.300. The Morgan fingerprint density at radius 1 is 0.727 bits per heavy atom. The Morgan fingerprint density at radius 2 is 1.27 bits per heavy atom. The molecular weight excluding hydrogens is 270 g/mol. The first kappa shape index (κ1) is 14.6. The normalized spacial score (nSPS) is 17.3. The maximum absolute atomic E-state index is 12.3. The molecule has 0 atom stereocenters. The number of allylic oxidation sites excluding steroid dienone is 1. The first-order chi connectivity index (χ1) is 10.8. The summed E-state index contributed by atoms with van der Waals surface area (Å²) in [6.45, 7) is 0. The van der Waals surface area contributed by atoms with Crippen molar-refractivity contribution in [3.8, 4) is 0 Å². The third-order valence-electron chi connectivity index (χ3n) is 4.06. The molecule has 0 unspecified atom stereocenters. The molecule has 1 saturated carbocycles. The van der Waals surface area contributed by atoms with Crippen molar-refractivity contribution in [2.24, 2.45) is 0 Å². The summed E-state index contributed by atoms with van der Waals surface area (Å²) in [5, 5.41) is 0. The Kier molecular flexibility index (Phi) is 4.69. The van der Waals surface area contributed by atoms with E-state index in [4.69, 9.17) is 0 Å². The molecule has 2 heteroatoms. The number of para-hydroxylation sites is 2. The Labute approximate surface area is 132 Å². The summed E-state index contributed by atoms with van der Waals surface area (Å²) in [7, 11) is 0. The van der Waals surface area contributed by atoms with Crippen LogP contribution in [-0.2, 0) is 4.79 Å². The number of ketones is 1. The molecule has 22 heavy (non-hydrogen) atoms. The number of nitrogens with zero attached hydrogens (tertiary/aromatic N) is 1. The van der Waals surface area contributed by atoms with Crippen molar-refractivity contribution in [2.45, 2.75) is 32.1 Å². The molecule has 2 aromatic rings. The molecule has 0 spiro atoms. The minimum absolute atomic E-state index is 0.300. The molecule has 0 radical (unpaired) electrons. The van der Waals surface area contributed by atoms with E-state index in [9.17, 15) is 4.79 Å². The number of carbonyl (C=O) groups is 1. The minimum Gasteiger partial charge on any atom is -0.317 e. The average Bonchev–Trinajstić information content (AvgIpc) is 2.78. The quantitative estimate of drug-likeness (QED) is 0.569. The van der Waals surface area contributed by atoms with E-state index in [0.29, 0.717) is 12.2 Å². The number of Topliss-reactive ketones (excluding diaryl/α,β-unsaturated/α-hetero) is 1. The van der Waals surface area contributed by atoms with Crippen molar-refractivity contribution in [3.63, 3.8) is 0 Å². The predicted molar refractivity (Wildman–Crippen MR) is 91.2 cm³/mol. The topological polar surface area (TPSA) is 20.3 Å². The van der Waals surface area contributed by atoms with Gasteiger partial charge in [0.2, 0.25) is 0 Å². The van der Waals surface area contributed by atoms with Crippen LogP contribution in [-0.4, -0.2) is 5.78 Å². The molecule has 1 aliphatic rings. The monoisotopic (exact) mass is 291 g/mol. The maximum atomic E-state index is 12.3. The fourth-order valence-corrected chi connectivity index (χ4v) is 2.85. The van der Waals surface area contributed by atoms with Crippen molar-refractivity contribution < 1.29 is 4.79 Å². The van der Waals surface area contributed by atoms with Gasteiger partial charge >= 0.3 is 0 Å². The second-order valence-corrected chi connectivity index (χ2v) is 5.68. The third kappa shape index (κ3) is 3.45. The highest BCUT2D eigenvalue weighted by atomic mass is 16.1. The number of hydrogen-bond acceptors (Lipinski definition) is 2. The van der Waals surface area contributed by atoms with Gasteiger partial charge in [0.15, 0.2) is 5.78 Å². The van der Waals surface area contributed by atoms with Gasteiger partial charge in [0.05, 0.1) is 0 Å². The Balaban J connectivity index is 2.00. The van der Waals surface area contributed by atoms with Gasteiger partial charge in [0, 0.05) is 29.6 Å². The van der Waals surface area contributed by atoms with Crippen LogP contribution >= 0.6 is 0 Å². The lowest BCUT2D eigenvalue weighted by Gasteiger charge is -2.22. The van der Waals surface area contributed by atoms with Gasteiger partial charge in [0.25, 0.3) is 0 Å². The van der Waals surface area contributed by atoms with Gasteiger partial charge in [-0.25, -0.2) is 0 Å². The second-order valence-electron chi connectivity index (χ2n) is 5.68. The van der Waals surface area contributed by atoms with E-state index >= 15 is 0 Å². The number of benzene rings is 2. The van der Waals surface area contributed by atoms with Crippen molar-refractivity contribution in [3.05, 3.63) is 72.4 Å². The second kappa shape index (κ2) is 7.08. The molecule has 0 heterocycles. The lowest BCUT2D eigenvalue weighted by molar-refractivity contribution is -0.115. The molecule has 0 aliphatic heterocycles. The van der Waals surface area contributed by atoms with E-state index in [-0.39, 0.29) is 0 Å². The fourth-order valence-electron chi connectivity index (χ4n) is 2.85. The van der Waals surface area contributed by atoms with Gasteiger partial charge in [-0.05, 0) is 43.5 Å². The van der Waals surface area contributed by atoms with E-state index in [1.165, 1.54) is 0 Å². The van der Waals surface area contributed by atoms with Crippen molar-refractivity contribution in [1.82, 2.24) is 0 Å². The molecule has 1 aliphatic carbocycles. The van der Waals surface area contributed by atoms with E-state index in [0.717, 1.165) is 42.6 Å². The van der Waals surface area contributed by atoms with Gasteiger partial charge in [-0.3, -0.25) is 4.79 Å². The Hall–Kier alpha value is -2.35. The first-order valence-electron chi connectivity index (χ1n) is 7.98. The zero-order chi connectivity index (χ0) is 15.2. The van der Waals surface area contributed by atoms with Crippen molar-refractivity contribution >= 4 is 17.2 Å². The zero-order valence-corrected chi connectivity index (χ0v) is 12.7. The number of carbonyl (C=O) groups excluding carboxylic acids is 1.